The van der Waals surface area contributed by atoms with E-state index in [1.54, 1.807) is 0 Å². The monoisotopic (exact) mass is 231 g/mol. The van der Waals surface area contributed by atoms with Gasteiger partial charge in [0.25, 0.3) is 0 Å². The van der Waals surface area contributed by atoms with E-state index in [0.717, 1.165) is 11.1 Å². The lowest BCUT2D eigenvalue weighted by Crippen LogP contribution is -1.97. The normalized spacial score (nSPS) is 10.4. The second-order valence-corrected chi connectivity index (χ2v) is 3.85. The summed E-state index contributed by atoms with van der Waals surface area (Å²) in [6, 6.07) is 7.79. The number of hydrogen-bond acceptors (Lipinski definition) is 3. The van der Waals surface area contributed by atoms with Gasteiger partial charge in [-0.25, -0.2) is 4.98 Å². The first-order chi connectivity index (χ1) is 8.16. The minimum Gasteiger partial charge on any atom is -0.481 e. The average Bonchev–Trinajstić information content (AvgIpc) is 2.75. The van der Waals surface area contributed by atoms with Gasteiger partial charge in [-0.3, -0.25) is 4.79 Å². The molecule has 1 heterocycles. The van der Waals surface area contributed by atoms with Crippen molar-refractivity contribution in [1.82, 2.24) is 4.98 Å². The van der Waals surface area contributed by atoms with Crippen LogP contribution < -0.4 is 0 Å². The van der Waals surface area contributed by atoms with Gasteiger partial charge in [0.1, 0.15) is 6.26 Å². The number of aromatic nitrogens is 1. The standard InChI is InChI=1S/C13H13NO3/c1-9-4-2-3-5-11(9)13-14-10(8-17-13)6-7-12(15)16/h2-5,8H,6-7H2,1H3,(H,15,16). The van der Waals surface area contributed by atoms with Crippen molar-refractivity contribution in [2.45, 2.75) is 19.8 Å². The molecular formula is C13H13NO3. The van der Waals surface area contributed by atoms with Crippen molar-refractivity contribution in [3.8, 4) is 11.5 Å². The van der Waals surface area contributed by atoms with Crippen LogP contribution in [-0.4, -0.2) is 16.1 Å². The molecule has 2 rings (SSSR count). The zero-order valence-electron chi connectivity index (χ0n) is 9.51. The largest absolute Gasteiger partial charge is 0.481 e. The summed E-state index contributed by atoms with van der Waals surface area (Å²) in [6.07, 6.45) is 1.98. The number of rotatable bonds is 4. The van der Waals surface area contributed by atoms with Crippen molar-refractivity contribution in [1.29, 1.82) is 0 Å². The molecule has 1 N–H and O–H groups in total. The molecule has 88 valence electrons. The van der Waals surface area contributed by atoms with E-state index in [1.807, 2.05) is 31.2 Å². The molecule has 0 spiro atoms. The van der Waals surface area contributed by atoms with E-state index >= 15 is 0 Å². The fraction of sp³-hybridized carbons (Fsp3) is 0.231. The lowest BCUT2D eigenvalue weighted by molar-refractivity contribution is -0.136. The van der Waals surface area contributed by atoms with E-state index in [4.69, 9.17) is 9.52 Å². The Morgan fingerprint density at radius 3 is 2.88 bits per heavy atom. The number of benzene rings is 1. The summed E-state index contributed by atoms with van der Waals surface area (Å²) in [4.78, 5) is 14.7. The van der Waals surface area contributed by atoms with Crippen LogP contribution in [0.25, 0.3) is 11.5 Å². The van der Waals surface area contributed by atoms with Gasteiger partial charge in [0, 0.05) is 12.0 Å². The summed E-state index contributed by atoms with van der Waals surface area (Å²) >= 11 is 0. The maximum absolute atomic E-state index is 10.4. The van der Waals surface area contributed by atoms with Crippen molar-refractivity contribution >= 4 is 5.97 Å². The highest BCUT2D eigenvalue weighted by atomic mass is 16.4. The summed E-state index contributed by atoms with van der Waals surface area (Å²) in [7, 11) is 0. The average molecular weight is 231 g/mol. The molecule has 2 aromatic rings. The number of aliphatic carboxylic acids is 1. The number of carbonyl (C=O) groups is 1. The van der Waals surface area contributed by atoms with Crippen LogP contribution in [0.4, 0.5) is 0 Å². The van der Waals surface area contributed by atoms with Crippen molar-refractivity contribution in [3.05, 3.63) is 41.8 Å². The van der Waals surface area contributed by atoms with Crippen molar-refractivity contribution < 1.29 is 14.3 Å². The molecule has 1 aromatic carbocycles. The molecule has 0 saturated heterocycles. The van der Waals surface area contributed by atoms with Gasteiger partial charge in [0.15, 0.2) is 0 Å². The van der Waals surface area contributed by atoms with Crippen LogP contribution in [0, 0.1) is 6.92 Å². The van der Waals surface area contributed by atoms with Crippen LogP contribution in [0.15, 0.2) is 34.9 Å². The second-order valence-electron chi connectivity index (χ2n) is 3.85. The molecular weight excluding hydrogens is 218 g/mol. The number of aryl methyl sites for hydroxylation is 2. The zero-order chi connectivity index (χ0) is 12.3. The fourth-order valence-electron chi connectivity index (χ4n) is 1.59. The zero-order valence-corrected chi connectivity index (χ0v) is 9.51. The highest BCUT2D eigenvalue weighted by Crippen LogP contribution is 2.22. The molecule has 0 fully saturated rings. The Morgan fingerprint density at radius 2 is 2.18 bits per heavy atom. The van der Waals surface area contributed by atoms with Gasteiger partial charge in [0.2, 0.25) is 5.89 Å². The molecule has 0 aliphatic rings. The van der Waals surface area contributed by atoms with Gasteiger partial charge in [-0.05, 0) is 18.6 Å². The number of oxazole rings is 1. The molecule has 4 heteroatoms. The van der Waals surface area contributed by atoms with Gasteiger partial charge < -0.3 is 9.52 Å². The fourth-order valence-corrected chi connectivity index (χ4v) is 1.59. The Balaban J connectivity index is 2.18. The van der Waals surface area contributed by atoms with Crippen LogP contribution in [0.3, 0.4) is 0 Å². The summed E-state index contributed by atoms with van der Waals surface area (Å²) in [6.45, 7) is 1.98. The Hall–Kier alpha value is -2.10. The van der Waals surface area contributed by atoms with E-state index < -0.39 is 5.97 Å². The third-order valence-corrected chi connectivity index (χ3v) is 2.52. The summed E-state index contributed by atoms with van der Waals surface area (Å²) in [5.74, 6) is -0.283. The molecule has 0 bridgehead atoms. The second kappa shape index (κ2) is 4.82. The van der Waals surface area contributed by atoms with Gasteiger partial charge in [-0.1, -0.05) is 18.2 Å². The molecule has 4 nitrogen and oxygen atoms in total. The van der Waals surface area contributed by atoms with Gasteiger partial charge in [0.05, 0.1) is 12.1 Å². The van der Waals surface area contributed by atoms with Gasteiger partial charge in [-0.15, -0.1) is 0 Å². The van der Waals surface area contributed by atoms with Crippen LogP contribution in [0.5, 0.6) is 0 Å². The first kappa shape index (κ1) is 11.4. The quantitative estimate of drug-likeness (QED) is 0.878. The first-order valence-corrected chi connectivity index (χ1v) is 5.39. The third kappa shape index (κ3) is 2.72. The van der Waals surface area contributed by atoms with Crippen LogP contribution in [0.2, 0.25) is 0 Å². The summed E-state index contributed by atoms with van der Waals surface area (Å²) < 4.78 is 5.36. The van der Waals surface area contributed by atoms with E-state index in [9.17, 15) is 4.79 Å². The lowest BCUT2D eigenvalue weighted by atomic mass is 10.1. The number of carboxylic acids is 1. The predicted octanol–water partition coefficient (Wildman–Crippen LogP) is 2.67. The molecule has 0 radical (unpaired) electrons. The molecule has 0 saturated carbocycles. The topological polar surface area (TPSA) is 63.3 Å². The smallest absolute Gasteiger partial charge is 0.303 e. The molecule has 1 aromatic heterocycles. The van der Waals surface area contributed by atoms with E-state index in [0.29, 0.717) is 18.0 Å². The third-order valence-electron chi connectivity index (χ3n) is 2.52. The predicted molar refractivity (Wildman–Crippen MR) is 62.6 cm³/mol. The molecule has 0 aliphatic carbocycles. The van der Waals surface area contributed by atoms with E-state index in [-0.39, 0.29) is 6.42 Å². The lowest BCUT2D eigenvalue weighted by Gasteiger charge is -1.98. The maximum Gasteiger partial charge on any atom is 0.303 e. The Labute approximate surface area is 98.9 Å². The molecule has 0 amide bonds. The van der Waals surface area contributed by atoms with Gasteiger partial charge >= 0.3 is 5.97 Å². The van der Waals surface area contributed by atoms with Crippen molar-refractivity contribution in [2.24, 2.45) is 0 Å². The Bertz CT molecular complexity index is 531. The highest BCUT2D eigenvalue weighted by molar-refractivity contribution is 5.67. The molecule has 0 aliphatic heterocycles. The molecule has 17 heavy (non-hydrogen) atoms. The highest BCUT2D eigenvalue weighted by Gasteiger charge is 2.09. The molecule has 0 atom stereocenters. The Kier molecular flexibility index (Phi) is 3.23. The van der Waals surface area contributed by atoms with E-state index in [1.165, 1.54) is 6.26 Å². The van der Waals surface area contributed by atoms with Crippen LogP contribution in [0.1, 0.15) is 17.7 Å². The first-order valence-electron chi connectivity index (χ1n) is 5.39. The SMILES string of the molecule is Cc1ccccc1-c1nc(CCC(=O)O)co1. The number of carboxylic acid groups (broad SMARTS) is 1. The van der Waals surface area contributed by atoms with E-state index in [2.05, 4.69) is 4.98 Å². The minimum atomic E-state index is -0.828. The maximum atomic E-state index is 10.4. The van der Waals surface area contributed by atoms with Crippen LogP contribution in [-0.2, 0) is 11.2 Å². The Morgan fingerprint density at radius 1 is 1.41 bits per heavy atom. The van der Waals surface area contributed by atoms with Crippen LogP contribution >= 0.6 is 0 Å². The van der Waals surface area contributed by atoms with Crippen molar-refractivity contribution in [2.75, 3.05) is 0 Å². The van der Waals surface area contributed by atoms with Gasteiger partial charge in [-0.2, -0.15) is 0 Å². The number of hydrogen-bond donors (Lipinski definition) is 1. The van der Waals surface area contributed by atoms with Crippen molar-refractivity contribution in [3.63, 3.8) is 0 Å². The summed E-state index contributed by atoms with van der Waals surface area (Å²) in [5, 5.41) is 8.58. The minimum absolute atomic E-state index is 0.0692. The number of nitrogens with zero attached hydrogens (tertiary/aromatic N) is 1. The molecule has 0 unspecified atom stereocenters. The summed E-state index contributed by atoms with van der Waals surface area (Å²) in [5.41, 5.74) is 2.69.